The molecule has 3 aromatic rings. The topological polar surface area (TPSA) is 113 Å². The smallest absolute Gasteiger partial charge is 0.320 e. The molecule has 2 aromatic heterocycles. The molecule has 3 rings (SSSR count). The Hall–Kier alpha value is -3.67. The Bertz CT molecular complexity index is 1030. The molecule has 9 heteroatoms. The lowest BCUT2D eigenvalue weighted by Gasteiger charge is -2.14. The molecule has 150 valence electrons. The Morgan fingerprint density at radius 3 is 2.59 bits per heavy atom. The molecule has 0 saturated heterocycles. The minimum atomic E-state index is -0.357. The first-order valence-electron chi connectivity index (χ1n) is 9.35. The number of benzene rings is 1. The SMILES string of the molecule is CCn1nncc1CNC(=O)Nc1cc(C(C)(C)C)nn1-c1ccc(C#N)cc1. The first kappa shape index (κ1) is 20.1. The number of aryl methyl sites for hydroxylation is 1. The third-order valence-electron chi connectivity index (χ3n) is 4.39. The molecule has 1 aromatic carbocycles. The van der Waals surface area contributed by atoms with E-state index >= 15 is 0 Å². The van der Waals surface area contributed by atoms with E-state index in [1.165, 1.54) is 0 Å². The molecule has 29 heavy (non-hydrogen) atoms. The predicted octanol–water partition coefficient (Wildman–Crippen LogP) is 2.97. The lowest BCUT2D eigenvalue weighted by molar-refractivity contribution is 0.251. The van der Waals surface area contributed by atoms with Crippen molar-refractivity contribution in [3.8, 4) is 11.8 Å². The summed E-state index contributed by atoms with van der Waals surface area (Å²) in [5.41, 5.74) is 2.78. The van der Waals surface area contributed by atoms with Crippen LogP contribution in [0, 0.1) is 11.3 Å². The molecule has 0 atom stereocenters. The number of aromatic nitrogens is 5. The van der Waals surface area contributed by atoms with E-state index < -0.39 is 0 Å². The second-order valence-corrected chi connectivity index (χ2v) is 7.58. The van der Waals surface area contributed by atoms with Gasteiger partial charge < -0.3 is 5.32 Å². The van der Waals surface area contributed by atoms with Crippen LogP contribution in [0.1, 0.15) is 44.6 Å². The molecule has 0 fully saturated rings. The van der Waals surface area contributed by atoms with E-state index in [1.807, 2.05) is 13.0 Å². The van der Waals surface area contributed by atoms with E-state index in [2.05, 4.69) is 52.9 Å². The number of carbonyl (C=O) groups is 1. The number of nitrogens with one attached hydrogen (secondary N) is 2. The molecule has 9 nitrogen and oxygen atoms in total. The highest BCUT2D eigenvalue weighted by molar-refractivity contribution is 5.88. The van der Waals surface area contributed by atoms with Crippen LogP contribution in [0.3, 0.4) is 0 Å². The normalized spacial score (nSPS) is 11.1. The number of rotatable bonds is 5. The monoisotopic (exact) mass is 392 g/mol. The number of carbonyl (C=O) groups excluding carboxylic acids is 1. The van der Waals surface area contributed by atoms with Gasteiger partial charge in [-0.15, -0.1) is 5.10 Å². The zero-order valence-corrected chi connectivity index (χ0v) is 17.0. The van der Waals surface area contributed by atoms with Gasteiger partial charge >= 0.3 is 6.03 Å². The standard InChI is InChI=1S/C20H24N8O/c1-5-27-16(13-23-26-27)12-22-19(29)24-18-10-17(20(2,3)4)25-28(18)15-8-6-14(11-21)7-9-15/h6-10,13H,5,12H2,1-4H3,(H2,22,24,29). The fraction of sp³-hybridized carbons (Fsp3) is 0.350. The highest BCUT2D eigenvalue weighted by atomic mass is 16.2. The van der Waals surface area contributed by atoms with E-state index in [-0.39, 0.29) is 11.4 Å². The maximum atomic E-state index is 12.5. The molecule has 0 unspecified atom stereocenters. The lowest BCUT2D eigenvalue weighted by atomic mass is 9.92. The first-order chi connectivity index (χ1) is 13.8. The van der Waals surface area contributed by atoms with Crippen LogP contribution in [0.25, 0.3) is 5.69 Å². The summed E-state index contributed by atoms with van der Waals surface area (Å²) in [6.45, 7) is 9.12. The Labute approximate surface area is 169 Å². The zero-order valence-electron chi connectivity index (χ0n) is 17.0. The van der Waals surface area contributed by atoms with Gasteiger partial charge in [-0.2, -0.15) is 10.4 Å². The highest BCUT2D eigenvalue weighted by Gasteiger charge is 2.21. The van der Waals surface area contributed by atoms with Gasteiger partial charge in [-0.1, -0.05) is 26.0 Å². The van der Waals surface area contributed by atoms with Crippen LogP contribution >= 0.6 is 0 Å². The molecule has 0 aliphatic rings. The van der Waals surface area contributed by atoms with Gasteiger partial charge in [0.15, 0.2) is 0 Å². The van der Waals surface area contributed by atoms with Gasteiger partial charge in [0.2, 0.25) is 0 Å². The second-order valence-electron chi connectivity index (χ2n) is 7.58. The number of anilines is 1. The molecule has 0 radical (unpaired) electrons. The van der Waals surface area contributed by atoms with Crippen molar-refractivity contribution >= 4 is 11.8 Å². The summed E-state index contributed by atoms with van der Waals surface area (Å²) in [6.07, 6.45) is 1.63. The zero-order chi connectivity index (χ0) is 21.0. The molecular formula is C20H24N8O. The van der Waals surface area contributed by atoms with Crippen molar-refractivity contribution < 1.29 is 4.79 Å². The van der Waals surface area contributed by atoms with E-state index in [1.54, 1.807) is 39.8 Å². The van der Waals surface area contributed by atoms with Gasteiger partial charge in [0.1, 0.15) is 5.82 Å². The maximum absolute atomic E-state index is 12.5. The Kier molecular flexibility index (Phi) is 5.64. The van der Waals surface area contributed by atoms with E-state index in [4.69, 9.17) is 5.26 Å². The van der Waals surface area contributed by atoms with Crippen molar-refractivity contribution in [3.63, 3.8) is 0 Å². The van der Waals surface area contributed by atoms with Crippen LogP contribution < -0.4 is 10.6 Å². The van der Waals surface area contributed by atoms with Crippen molar-refractivity contribution in [1.82, 2.24) is 30.1 Å². The number of nitriles is 1. The van der Waals surface area contributed by atoms with Gasteiger partial charge in [-0.3, -0.25) is 5.32 Å². The van der Waals surface area contributed by atoms with Crippen LogP contribution in [0.4, 0.5) is 10.6 Å². The van der Waals surface area contributed by atoms with Gasteiger partial charge in [-0.25, -0.2) is 14.2 Å². The Morgan fingerprint density at radius 1 is 1.24 bits per heavy atom. The quantitative estimate of drug-likeness (QED) is 0.693. The highest BCUT2D eigenvalue weighted by Crippen LogP contribution is 2.26. The summed E-state index contributed by atoms with van der Waals surface area (Å²) in [7, 11) is 0. The molecule has 0 aliphatic heterocycles. The number of hydrogen-bond acceptors (Lipinski definition) is 5. The average Bonchev–Trinajstić information content (AvgIpc) is 3.33. The molecular weight excluding hydrogens is 368 g/mol. The first-order valence-corrected chi connectivity index (χ1v) is 9.35. The van der Waals surface area contributed by atoms with Crippen molar-refractivity contribution in [2.24, 2.45) is 0 Å². The number of hydrogen-bond donors (Lipinski definition) is 2. The van der Waals surface area contributed by atoms with E-state index in [0.717, 1.165) is 17.1 Å². The minimum absolute atomic E-state index is 0.190. The third-order valence-corrected chi connectivity index (χ3v) is 4.39. The van der Waals surface area contributed by atoms with Crippen molar-refractivity contribution in [3.05, 3.63) is 53.5 Å². The van der Waals surface area contributed by atoms with E-state index in [0.29, 0.717) is 24.5 Å². The van der Waals surface area contributed by atoms with Crippen molar-refractivity contribution in [1.29, 1.82) is 5.26 Å². The summed E-state index contributed by atoms with van der Waals surface area (Å²) in [5, 5.41) is 27.2. The van der Waals surface area contributed by atoms with Crippen molar-refractivity contribution in [2.45, 2.75) is 46.2 Å². The Morgan fingerprint density at radius 2 is 1.97 bits per heavy atom. The summed E-state index contributed by atoms with van der Waals surface area (Å²) in [5.74, 6) is 0.541. The van der Waals surface area contributed by atoms with Gasteiger partial charge in [0.05, 0.1) is 41.4 Å². The molecule has 0 spiro atoms. The molecule has 0 aliphatic carbocycles. The Balaban J connectivity index is 1.82. The number of urea groups is 1. The maximum Gasteiger partial charge on any atom is 0.320 e. The summed E-state index contributed by atoms with van der Waals surface area (Å²) in [6, 6.07) is 10.6. The minimum Gasteiger partial charge on any atom is -0.332 e. The van der Waals surface area contributed by atoms with E-state index in [9.17, 15) is 4.79 Å². The molecule has 2 heterocycles. The fourth-order valence-electron chi connectivity index (χ4n) is 2.72. The van der Waals surface area contributed by atoms with Gasteiger partial charge in [-0.05, 0) is 31.2 Å². The number of nitrogens with zero attached hydrogens (tertiary/aromatic N) is 6. The van der Waals surface area contributed by atoms with Crippen LogP contribution in [0.2, 0.25) is 0 Å². The van der Waals surface area contributed by atoms with Crippen LogP contribution in [-0.2, 0) is 18.5 Å². The van der Waals surface area contributed by atoms with Crippen LogP contribution in [-0.4, -0.2) is 30.8 Å². The lowest BCUT2D eigenvalue weighted by Crippen LogP contribution is -2.30. The fourth-order valence-corrected chi connectivity index (χ4v) is 2.72. The molecule has 0 bridgehead atoms. The predicted molar refractivity (Wildman–Crippen MR) is 109 cm³/mol. The van der Waals surface area contributed by atoms with Crippen LogP contribution in [0.15, 0.2) is 36.5 Å². The number of amides is 2. The van der Waals surface area contributed by atoms with Crippen molar-refractivity contribution in [2.75, 3.05) is 5.32 Å². The van der Waals surface area contributed by atoms with Gasteiger partial charge in [0, 0.05) is 18.0 Å². The molecule has 2 amide bonds. The summed E-state index contributed by atoms with van der Waals surface area (Å²) >= 11 is 0. The summed E-state index contributed by atoms with van der Waals surface area (Å²) in [4.78, 5) is 12.5. The summed E-state index contributed by atoms with van der Waals surface area (Å²) < 4.78 is 3.39. The average molecular weight is 392 g/mol. The third kappa shape index (κ3) is 4.60. The largest absolute Gasteiger partial charge is 0.332 e. The second kappa shape index (κ2) is 8.14. The molecule has 0 saturated carbocycles. The van der Waals surface area contributed by atoms with Crippen LogP contribution in [0.5, 0.6) is 0 Å². The molecule has 2 N–H and O–H groups in total. The van der Waals surface area contributed by atoms with Gasteiger partial charge in [0.25, 0.3) is 0 Å².